The van der Waals surface area contributed by atoms with Crippen molar-refractivity contribution in [2.45, 2.75) is 18.9 Å². The highest BCUT2D eigenvalue weighted by Gasteiger charge is 2.35. The Hall–Kier alpha value is -3.24. The zero-order chi connectivity index (χ0) is 22.0. The maximum Gasteiger partial charge on any atom is 0.261 e. The molecule has 1 aromatic carbocycles. The van der Waals surface area contributed by atoms with Gasteiger partial charge in [0.2, 0.25) is 0 Å². The van der Waals surface area contributed by atoms with Crippen molar-refractivity contribution in [3.05, 3.63) is 47.9 Å². The number of hydrogen-bond acceptors (Lipinski definition) is 8. The summed E-state index contributed by atoms with van der Waals surface area (Å²) in [5, 5.41) is 12.6. The lowest BCUT2D eigenvalue weighted by Gasteiger charge is -2.31. The Morgan fingerprint density at radius 2 is 2.06 bits per heavy atom. The molecule has 4 N–H and O–H groups in total. The number of amides is 1. The number of ether oxygens (including phenoxy) is 2. The Kier molecular flexibility index (Phi) is 5.75. The number of aliphatic hydroxyl groups excluding tert-OH is 1. The van der Waals surface area contributed by atoms with E-state index in [1.165, 1.54) is 0 Å². The molecule has 2 aliphatic heterocycles. The van der Waals surface area contributed by atoms with Crippen LogP contribution in [0, 0.1) is 5.82 Å². The van der Waals surface area contributed by atoms with Crippen LogP contribution in [0.3, 0.4) is 0 Å². The van der Waals surface area contributed by atoms with Crippen LogP contribution < -0.4 is 20.7 Å². The molecule has 1 fully saturated rings. The van der Waals surface area contributed by atoms with Crippen LogP contribution in [0.25, 0.3) is 5.57 Å². The summed E-state index contributed by atoms with van der Waals surface area (Å²) < 4.78 is 24.6. The second kappa shape index (κ2) is 8.48. The van der Waals surface area contributed by atoms with E-state index in [9.17, 15) is 14.3 Å². The highest BCUT2D eigenvalue weighted by Crippen LogP contribution is 2.42. The monoisotopic (exact) mass is 429 g/mol. The number of fused-ring (bicyclic) bond motifs is 1. The van der Waals surface area contributed by atoms with Crippen molar-refractivity contribution in [3.8, 4) is 5.75 Å². The number of nitrogens with two attached hydrogens (primary N) is 1. The Morgan fingerprint density at radius 1 is 1.35 bits per heavy atom. The topological polar surface area (TPSA) is 123 Å². The lowest BCUT2D eigenvalue weighted by atomic mass is 9.99. The molecule has 164 valence electrons. The van der Waals surface area contributed by atoms with E-state index in [0.717, 1.165) is 29.8 Å². The number of morpholine rings is 1. The van der Waals surface area contributed by atoms with Gasteiger partial charge in [0.25, 0.3) is 5.91 Å². The van der Waals surface area contributed by atoms with Crippen LogP contribution in [0.4, 0.5) is 15.8 Å². The van der Waals surface area contributed by atoms with Crippen molar-refractivity contribution in [3.63, 3.8) is 0 Å². The van der Waals surface area contributed by atoms with Gasteiger partial charge in [0.1, 0.15) is 11.4 Å². The molecule has 0 radical (unpaired) electrons. The molecule has 1 saturated heterocycles. The summed E-state index contributed by atoms with van der Waals surface area (Å²) in [5.74, 6) is -0.438. The van der Waals surface area contributed by atoms with Gasteiger partial charge in [-0.2, -0.15) is 0 Å². The van der Waals surface area contributed by atoms with E-state index in [4.69, 9.17) is 15.2 Å². The molecule has 1 atom stereocenters. The molecule has 2 aromatic rings. The van der Waals surface area contributed by atoms with Crippen LogP contribution in [0.15, 0.2) is 30.7 Å². The largest absolute Gasteiger partial charge is 0.484 e. The van der Waals surface area contributed by atoms with Crippen molar-refractivity contribution in [2.24, 2.45) is 5.73 Å². The summed E-state index contributed by atoms with van der Waals surface area (Å²) in [5.41, 5.74) is 7.17. The van der Waals surface area contributed by atoms with Crippen LogP contribution in [0.2, 0.25) is 0 Å². The molecule has 1 aromatic heterocycles. The van der Waals surface area contributed by atoms with Gasteiger partial charge in [0, 0.05) is 37.3 Å². The smallest absolute Gasteiger partial charge is 0.261 e. The number of carbonyl (C=O) groups is 1. The van der Waals surface area contributed by atoms with Gasteiger partial charge in [0.05, 0.1) is 49.2 Å². The predicted molar refractivity (Wildman–Crippen MR) is 112 cm³/mol. The summed E-state index contributed by atoms with van der Waals surface area (Å²) in [6.45, 7) is 4.15. The molecule has 10 heteroatoms. The summed E-state index contributed by atoms with van der Waals surface area (Å²) in [6, 6.07) is 3.72. The first-order valence-corrected chi connectivity index (χ1v) is 9.93. The molecule has 3 heterocycles. The van der Waals surface area contributed by atoms with Crippen molar-refractivity contribution in [1.82, 2.24) is 9.97 Å². The number of nitrogens with one attached hydrogen (secondary N) is 1. The fourth-order valence-electron chi connectivity index (χ4n) is 3.70. The summed E-state index contributed by atoms with van der Waals surface area (Å²) in [4.78, 5) is 22.8. The first-order valence-electron chi connectivity index (χ1n) is 9.93. The zero-order valence-corrected chi connectivity index (χ0v) is 17.1. The number of aromatic nitrogens is 2. The Morgan fingerprint density at radius 3 is 2.71 bits per heavy atom. The average Bonchev–Trinajstić information content (AvgIpc) is 3.11. The molecular weight excluding hydrogens is 405 g/mol. The normalized spacial score (nSPS) is 20.9. The van der Waals surface area contributed by atoms with Crippen LogP contribution in [-0.4, -0.2) is 59.5 Å². The minimum Gasteiger partial charge on any atom is -0.484 e. The Balaban J connectivity index is 1.67. The standard InChI is InChI=1S/C21H24FN5O4/c1-21(12-28)8-13-6-16(17(7-18(13)31-21)27-2-4-30-5-3-27)26-20(29)15(9-23)19-24-10-14(22)11-25-19/h6-7,9-11,28H,2-5,8,12,23H2,1H3,(H,26,29)/b15-9+/t21-/m1/s1. The highest BCUT2D eigenvalue weighted by atomic mass is 19.1. The van der Waals surface area contributed by atoms with Gasteiger partial charge in [-0.3, -0.25) is 4.79 Å². The molecule has 0 spiro atoms. The SMILES string of the molecule is C[C@]1(CO)Cc2cc(NC(=O)/C(=C/N)c3ncc(F)cn3)c(N3CCOCC3)cc2O1. The highest BCUT2D eigenvalue weighted by molar-refractivity contribution is 6.24. The van der Waals surface area contributed by atoms with Crippen LogP contribution in [0.5, 0.6) is 5.75 Å². The van der Waals surface area contributed by atoms with Gasteiger partial charge in [-0.1, -0.05) is 0 Å². The lowest BCUT2D eigenvalue weighted by Crippen LogP contribution is -2.37. The van der Waals surface area contributed by atoms with E-state index in [0.29, 0.717) is 44.2 Å². The number of halogens is 1. The number of hydrogen-bond donors (Lipinski definition) is 3. The quantitative estimate of drug-likeness (QED) is 0.604. The third kappa shape index (κ3) is 4.30. The summed E-state index contributed by atoms with van der Waals surface area (Å²) in [6.07, 6.45) is 3.55. The predicted octanol–water partition coefficient (Wildman–Crippen LogP) is 1.08. The lowest BCUT2D eigenvalue weighted by molar-refractivity contribution is -0.111. The maximum absolute atomic E-state index is 13.2. The molecule has 9 nitrogen and oxygen atoms in total. The van der Waals surface area contributed by atoms with Crippen LogP contribution in [0.1, 0.15) is 18.3 Å². The zero-order valence-electron chi connectivity index (χ0n) is 17.1. The second-order valence-electron chi connectivity index (χ2n) is 7.72. The minimum atomic E-state index is -0.711. The number of rotatable bonds is 5. The average molecular weight is 429 g/mol. The molecule has 31 heavy (non-hydrogen) atoms. The number of anilines is 2. The number of carbonyl (C=O) groups excluding carboxylic acids is 1. The van der Waals surface area contributed by atoms with Gasteiger partial charge in [-0.25, -0.2) is 14.4 Å². The van der Waals surface area contributed by atoms with Crippen molar-refractivity contribution < 1.29 is 23.8 Å². The maximum atomic E-state index is 13.2. The van der Waals surface area contributed by atoms with Crippen molar-refractivity contribution >= 4 is 22.9 Å². The summed E-state index contributed by atoms with van der Waals surface area (Å²) in [7, 11) is 0. The molecule has 0 bridgehead atoms. The van der Waals surface area contributed by atoms with Crippen LogP contribution in [-0.2, 0) is 16.0 Å². The van der Waals surface area contributed by atoms with Crippen molar-refractivity contribution in [1.29, 1.82) is 0 Å². The van der Waals surface area contributed by atoms with E-state index in [1.54, 1.807) is 0 Å². The van der Waals surface area contributed by atoms with Gasteiger partial charge in [-0.15, -0.1) is 0 Å². The fraction of sp³-hybridized carbons (Fsp3) is 0.381. The molecule has 0 saturated carbocycles. The van der Waals surface area contributed by atoms with Crippen LogP contribution >= 0.6 is 0 Å². The Labute approximate surface area is 178 Å². The molecule has 0 unspecified atom stereocenters. The summed E-state index contributed by atoms with van der Waals surface area (Å²) >= 11 is 0. The number of benzene rings is 1. The van der Waals surface area contributed by atoms with E-state index in [1.807, 2.05) is 19.1 Å². The second-order valence-corrected chi connectivity index (χ2v) is 7.72. The molecule has 2 aliphatic rings. The van der Waals surface area contributed by atoms with Gasteiger partial charge in [-0.05, 0) is 13.0 Å². The minimum absolute atomic E-state index is 0.0184. The molecular formula is C21H24FN5O4. The van der Waals surface area contributed by atoms with E-state index >= 15 is 0 Å². The van der Waals surface area contributed by atoms with Crippen molar-refractivity contribution in [2.75, 3.05) is 43.1 Å². The molecule has 0 aliphatic carbocycles. The molecule has 4 rings (SSSR count). The first-order chi connectivity index (χ1) is 14.9. The third-order valence-electron chi connectivity index (χ3n) is 5.31. The van der Waals surface area contributed by atoms with E-state index in [2.05, 4.69) is 20.2 Å². The third-order valence-corrected chi connectivity index (χ3v) is 5.31. The fourth-order valence-corrected chi connectivity index (χ4v) is 3.70. The van der Waals surface area contributed by atoms with E-state index in [-0.39, 0.29) is 18.0 Å². The molecule has 1 amide bonds. The van der Waals surface area contributed by atoms with E-state index < -0.39 is 17.3 Å². The van der Waals surface area contributed by atoms with Gasteiger partial charge < -0.3 is 30.5 Å². The Bertz CT molecular complexity index is 1010. The van der Waals surface area contributed by atoms with Gasteiger partial charge in [0.15, 0.2) is 11.6 Å². The first kappa shape index (κ1) is 21.0. The number of aliphatic hydroxyl groups is 1. The van der Waals surface area contributed by atoms with Gasteiger partial charge >= 0.3 is 0 Å². The number of nitrogens with zero attached hydrogens (tertiary/aromatic N) is 3.